The maximum atomic E-state index is 11.9. The van der Waals surface area contributed by atoms with Crippen LogP contribution in [0.4, 0.5) is 0 Å². The topological polar surface area (TPSA) is 77.5 Å². The van der Waals surface area contributed by atoms with Gasteiger partial charge in [0.15, 0.2) is 0 Å². The molecule has 8 nitrogen and oxygen atoms in total. The SMILES string of the molecule is CS[C@@]12CC3=COC=C[C@H](OC(C)=O)[C@H]3N1C[C@]1(SC)CC3=COC=C[C@H](OC(C)=O)[C@H]3N1C2. The largest absolute Gasteiger partial charge is 0.473 e. The van der Waals surface area contributed by atoms with Gasteiger partial charge in [0.05, 0.1) is 46.9 Å². The molecule has 6 atom stereocenters. The molecule has 0 saturated carbocycles. The third kappa shape index (κ3) is 3.79. The van der Waals surface area contributed by atoms with Crippen molar-refractivity contribution in [2.24, 2.45) is 0 Å². The van der Waals surface area contributed by atoms with Crippen molar-refractivity contribution in [1.29, 1.82) is 0 Å². The lowest BCUT2D eigenvalue weighted by Gasteiger charge is -2.56. The van der Waals surface area contributed by atoms with Crippen LogP contribution in [0.5, 0.6) is 0 Å². The summed E-state index contributed by atoms with van der Waals surface area (Å²) in [5, 5.41) is 0. The van der Waals surface area contributed by atoms with Crippen LogP contribution >= 0.6 is 23.5 Å². The van der Waals surface area contributed by atoms with E-state index in [9.17, 15) is 9.59 Å². The molecule has 0 amide bonds. The minimum Gasteiger partial charge on any atom is -0.473 e. The Labute approximate surface area is 208 Å². The van der Waals surface area contributed by atoms with Crippen molar-refractivity contribution in [3.05, 3.63) is 48.3 Å². The highest BCUT2D eigenvalue weighted by atomic mass is 32.2. The smallest absolute Gasteiger partial charge is 0.303 e. The first kappa shape index (κ1) is 23.8. The Morgan fingerprint density at radius 1 is 0.853 bits per heavy atom. The van der Waals surface area contributed by atoms with Gasteiger partial charge in [0.2, 0.25) is 0 Å². The highest BCUT2D eigenvalue weighted by Crippen LogP contribution is 2.57. The molecule has 5 aliphatic rings. The monoisotopic (exact) mass is 506 g/mol. The Hall–Kier alpha value is -1.88. The number of piperazine rings is 1. The summed E-state index contributed by atoms with van der Waals surface area (Å²) in [7, 11) is 0. The van der Waals surface area contributed by atoms with E-state index in [1.807, 2.05) is 48.2 Å². The molecular formula is C24H30N2O6S2. The van der Waals surface area contributed by atoms with Crippen LogP contribution in [0.25, 0.3) is 0 Å². The second-order valence-electron chi connectivity index (χ2n) is 9.26. The van der Waals surface area contributed by atoms with Gasteiger partial charge in [0.1, 0.15) is 12.2 Å². The molecule has 10 heteroatoms. The number of fused-ring (bicyclic) bond motifs is 6. The van der Waals surface area contributed by atoms with E-state index in [0.717, 1.165) is 37.1 Å². The van der Waals surface area contributed by atoms with E-state index in [0.29, 0.717) is 0 Å². The van der Waals surface area contributed by atoms with Crippen LogP contribution < -0.4 is 0 Å². The number of ether oxygens (including phenoxy) is 4. The first-order valence-electron chi connectivity index (χ1n) is 11.3. The molecule has 0 aliphatic carbocycles. The fourth-order valence-electron chi connectivity index (χ4n) is 6.08. The van der Waals surface area contributed by atoms with Gasteiger partial charge in [-0.1, -0.05) is 0 Å². The third-order valence-electron chi connectivity index (χ3n) is 7.39. The van der Waals surface area contributed by atoms with Gasteiger partial charge in [-0.15, -0.1) is 23.5 Å². The lowest BCUT2D eigenvalue weighted by molar-refractivity contribution is -0.149. The zero-order valence-corrected chi connectivity index (χ0v) is 21.4. The Morgan fingerprint density at radius 3 is 1.62 bits per heavy atom. The van der Waals surface area contributed by atoms with Crippen molar-refractivity contribution >= 4 is 35.5 Å². The Balaban J connectivity index is 1.56. The molecule has 0 spiro atoms. The quantitative estimate of drug-likeness (QED) is 0.531. The van der Waals surface area contributed by atoms with Gasteiger partial charge in [0.25, 0.3) is 0 Å². The number of carbonyl (C=O) groups is 2. The molecule has 0 bridgehead atoms. The molecule has 3 saturated heterocycles. The second-order valence-corrected chi connectivity index (χ2v) is 11.6. The van der Waals surface area contributed by atoms with Crippen LogP contribution in [0.3, 0.4) is 0 Å². The zero-order valence-electron chi connectivity index (χ0n) is 19.8. The Morgan fingerprint density at radius 2 is 1.26 bits per heavy atom. The number of thioether (sulfide) groups is 2. The molecule has 0 N–H and O–H groups in total. The number of nitrogens with zero attached hydrogens (tertiary/aromatic N) is 2. The fourth-order valence-corrected chi connectivity index (χ4v) is 8.06. The molecule has 3 fully saturated rings. The summed E-state index contributed by atoms with van der Waals surface area (Å²) in [6.07, 6.45) is 15.5. The molecule has 0 aromatic rings. The number of rotatable bonds is 4. The standard InChI is InChI=1S/C24H30N2O6S2/c1-15(27)31-19-5-7-29-11-17-9-23(33-3)14-26-22-18(12-30-8-6-20(22)32-16(2)28)10-24(26,34-4)13-25(23)21(17)19/h5-8,11-12,19-22H,9-10,13-14H2,1-4H3/t19-,20-,21-,22-,23+,24+/m0/s1. The highest BCUT2D eigenvalue weighted by Gasteiger charge is 2.64. The van der Waals surface area contributed by atoms with Gasteiger partial charge in [-0.05, 0) is 35.8 Å². The normalized spacial score (nSPS) is 38.6. The molecule has 5 rings (SSSR count). The van der Waals surface area contributed by atoms with Gasteiger partial charge < -0.3 is 18.9 Å². The molecule has 0 aromatic heterocycles. The lowest BCUT2D eigenvalue weighted by Crippen LogP contribution is -2.69. The van der Waals surface area contributed by atoms with E-state index in [1.54, 1.807) is 12.5 Å². The first-order valence-corrected chi connectivity index (χ1v) is 13.8. The van der Waals surface area contributed by atoms with Crippen LogP contribution in [0, 0.1) is 0 Å². The predicted octanol–water partition coefficient (Wildman–Crippen LogP) is 2.99. The summed E-state index contributed by atoms with van der Waals surface area (Å²) >= 11 is 3.63. The molecule has 0 aromatic carbocycles. The van der Waals surface area contributed by atoms with Gasteiger partial charge in [-0.25, -0.2) is 0 Å². The average Bonchev–Trinajstić information content (AvgIpc) is 3.09. The molecule has 0 radical (unpaired) electrons. The number of carbonyl (C=O) groups excluding carboxylic acids is 2. The first-order chi connectivity index (χ1) is 16.3. The third-order valence-corrected chi connectivity index (χ3v) is 9.93. The van der Waals surface area contributed by atoms with Crippen LogP contribution in [-0.2, 0) is 28.5 Å². The minimum absolute atomic E-state index is 0.0962. The maximum absolute atomic E-state index is 11.9. The molecule has 5 aliphatic heterocycles. The predicted molar refractivity (Wildman–Crippen MR) is 130 cm³/mol. The fraction of sp³-hybridized carbons (Fsp3) is 0.583. The maximum Gasteiger partial charge on any atom is 0.303 e. The van der Waals surface area contributed by atoms with Gasteiger partial charge in [0, 0.05) is 39.8 Å². The molecule has 0 unspecified atom stereocenters. The summed E-state index contributed by atoms with van der Waals surface area (Å²) in [5.74, 6) is -0.616. The van der Waals surface area contributed by atoms with Crippen molar-refractivity contribution in [1.82, 2.24) is 9.80 Å². The summed E-state index contributed by atoms with van der Waals surface area (Å²) in [4.78, 5) is 28.4. The second kappa shape index (κ2) is 8.96. The number of hydrogen-bond acceptors (Lipinski definition) is 10. The van der Waals surface area contributed by atoms with Gasteiger partial charge >= 0.3 is 11.9 Å². The van der Waals surface area contributed by atoms with Crippen molar-refractivity contribution < 1.29 is 28.5 Å². The summed E-state index contributed by atoms with van der Waals surface area (Å²) in [5.41, 5.74) is 2.25. The van der Waals surface area contributed by atoms with Crippen LogP contribution in [0.1, 0.15) is 26.7 Å². The van der Waals surface area contributed by atoms with Crippen molar-refractivity contribution in [3.8, 4) is 0 Å². The van der Waals surface area contributed by atoms with E-state index in [2.05, 4.69) is 22.3 Å². The lowest BCUT2D eigenvalue weighted by atomic mass is 10.0. The number of esters is 2. The molecule has 5 heterocycles. The van der Waals surface area contributed by atoms with E-state index in [4.69, 9.17) is 18.9 Å². The minimum atomic E-state index is -0.420. The Kier molecular flexibility index (Phi) is 6.29. The van der Waals surface area contributed by atoms with Crippen molar-refractivity contribution in [3.63, 3.8) is 0 Å². The van der Waals surface area contributed by atoms with Crippen molar-refractivity contribution in [2.45, 2.75) is 60.7 Å². The van der Waals surface area contributed by atoms with Crippen molar-refractivity contribution in [2.75, 3.05) is 25.6 Å². The van der Waals surface area contributed by atoms with Gasteiger partial charge in [-0.3, -0.25) is 19.4 Å². The highest BCUT2D eigenvalue weighted by molar-refractivity contribution is 8.00. The summed E-state index contributed by atoms with van der Waals surface area (Å²) in [6, 6.07) is -0.192. The molecule has 34 heavy (non-hydrogen) atoms. The molecular weight excluding hydrogens is 476 g/mol. The van der Waals surface area contributed by atoms with Crippen LogP contribution in [0.15, 0.2) is 48.3 Å². The van der Waals surface area contributed by atoms with E-state index < -0.39 is 12.2 Å². The van der Waals surface area contributed by atoms with Gasteiger partial charge in [-0.2, -0.15) is 0 Å². The summed E-state index contributed by atoms with van der Waals surface area (Å²) in [6.45, 7) is 4.40. The van der Waals surface area contributed by atoms with E-state index >= 15 is 0 Å². The van der Waals surface area contributed by atoms with Crippen LogP contribution in [0.2, 0.25) is 0 Å². The average molecular weight is 507 g/mol. The number of hydrogen-bond donors (Lipinski definition) is 0. The van der Waals surface area contributed by atoms with E-state index in [-0.39, 0.29) is 33.8 Å². The zero-order chi connectivity index (χ0) is 24.1. The summed E-state index contributed by atoms with van der Waals surface area (Å²) < 4.78 is 22.8. The van der Waals surface area contributed by atoms with E-state index in [1.165, 1.54) is 13.8 Å². The molecule has 184 valence electrons. The van der Waals surface area contributed by atoms with Crippen LogP contribution in [-0.4, -0.2) is 81.4 Å². The Bertz CT molecular complexity index is 918.